The van der Waals surface area contributed by atoms with Gasteiger partial charge in [-0.3, -0.25) is 14.4 Å². The zero-order valence-electron chi connectivity index (χ0n) is 21.1. The van der Waals surface area contributed by atoms with Gasteiger partial charge in [-0.1, -0.05) is 25.5 Å². The second kappa shape index (κ2) is 9.96. The third-order valence-electron chi connectivity index (χ3n) is 7.83. The molecule has 2 aromatic rings. The number of hydrogen-bond acceptors (Lipinski definition) is 5. The average molecular weight is 491 g/mol. The lowest BCUT2D eigenvalue weighted by Gasteiger charge is -2.44. The summed E-state index contributed by atoms with van der Waals surface area (Å²) in [5.74, 6) is 0.946. The van der Waals surface area contributed by atoms with Crippen molar-refractivity contribution in [3.63, 3.8) is 0 Å². The first-order valence-corrected chi connectivity index (χ1v) is 13.0. The highest BCUT2D eigenvalue weighted by Crippen LogP contribution is 2.41. The number of likely N-dealkylation sites (tertiary alicyclic amines) is 1. The summed E-state index contributed by atoms with van der Waals surface area (Å²) in [5, 5.41) is 0. The van der Waals surface area contributed by atoms with Crippen LogP contribution in [-0.4, -0.2) is 54.8 Å². The van der Waals surface area contributed by atoms with Gasteiger partial charge in [0.25, 0.3) is 0 Å². The molecule has 36 heavy (non-hydrogen) atoms. The Hall–Kier alpha value is -3.35. The highest BCUT2D eigenvalue weighted by Gasteiger charge is 2.45. The second-order valence-electron chi connectivity index (χ2n) is 10.2. The Morgan fingerprint density at radius 2 is 1.86 bits per heavy atom. The van der Waals surface area contributed by atoms with E-state index in [-0.39, 0.29) is 29.9 Å². The first-order valence-electron chi connectivity index (χ1n) is 13.0. The van der Waals surface area contributed by atoms with Gasteiger partial charge >= 0.3 is 0 Å². The number of Topliss-reactive ketones (excluding diaryl/α,β-unsaturated/α-hetero) is 1. The molecule has 3 aliphatic heterocycles. The van der Waals surface area contributed by atoms with E-state index in [9.17, 15) is 14.4 Å². The summed E-state index contributed by atoms with van der Waals surface area (Å²) in [4.78, 5) is 42.5. The van der Waals surface area contributed by atoms with E-state index in [4.69, 9.17) is 9.47 Å². The standard InChI is InChI=1S/C29H34N2O5/c1-3-4-5-20-6-8-22(9-7-20)31-19-21(16-27(31)33)28(34)30-14-12-29(13-15-30)18-25(32)24-11-10-23(35-2)17-26(24)36-29/h6-11,17,21H,3-5,12-16,18-19H2,1-2H3. The highest BCUT2D eigenvalue weighted by atomic mass is 16.5. The van der Waals surface area contributed by atoms with Gasteiger partial charge < -0.3 is 19.3 Å². The maximum atomic E-state index is 13.3. The topological polar surface area (TPSA) is 76.2 Å². The summed E-state index contributed by atoms with van der Waals surface area (Å²) >= 11 is 0. The lowest BCUT2D eigenvalue weighted by atomic mass is 9.82. The predicted molar refractivity (Wildman–Crippen MR) is 137 cm³/mol. The largest absolute Gasteiger partial charge is 0.497 e. The van der Waals surface area contributed by atoms with E-state index in [0.717, 1.165) is 24.9 Å². The minimum atomic E-state index is -0.593. The van der Waals surface area contributed by atoms with Crippen LogP contribution in [0.5, 0.6) is 11.5 Å². The number of anilines is 1. The number of benzene rings is 2. The Bertz CT molecular complexity index is 1150. The van der Waals surface area contributed by atoms with Gasteiger partial charge in [0.1, 0.15) is 17.1 Å². The van der Waals surface area contributed by atoms with Gasteiger partial charge in [-0.05, 0) is 42.7 Å². The molecule has 0 N–H and O–H groups in total. The van der Waals surface area contributed by atoms with Gasteiger partial charge in [-0.25, -0.2) is 0 Å². The number of aryl methyl sites for hydroxylation is 1. The fourth-order valence-corrected chi connectivity index (χ4v) is 5.62. The summed E-state index contributed by atoms with van der Waals surface area (Å²) < 4.78 is 11.6. The number of carbonyl (C=O) groups excluding carboxylic acids is 3. The van der Waals surface area contributed by atoms with Crippen molar-refractivity contribution in [1.82, 2.24) is 4.90 Å². The molecule has 0 radical (unpaired) electrons. The van der Waals surface area contributed by atoms with Gasteiger partial charge in [0.2, 0.25) is 11.8 Å². The number of ketones is 1. The van der Waals surface area contributed by atoms with Crippen LogP contribution in [0, 0.1) is 5.92 Å². The number of ether oxygens (including phenoxy) is 2. The van der Waals surface area contributed by atoms with Crippen LogP contribution >= 0.6 is 0 Å². The molecule has 0 saturated carbocycles. The summed E-state index contributed by atoms with van der Waals surface area (Å²) in [7, 11) is 1.59. The Morgan fingerprint density at radius 1 is 1.11 bits per heavy atom. The van der Waals surface area contributed by atoms with Gasteiger partial charge in [0.15, 0.2) is 5.78 Å². The molecule has 3 aliphatic rings. The number of methoxy groups -OCH3 is 1. The number of hydrogen-bond donors (Lipinski definition) is 0. The van der Waals surface area contributed by atoms with Gasteiger partial charge in [-0.2, -0.15) is 0 Å². The number of rotatable bonds is 6. The zero-order valence-corrected chi connectivity index (χ0v) is 21.1. The number of unbranched alkanes of at least 4 members (excludes halogenated alkanes) is 1. The van der Waals surface area contributed by atoms with Crippen molar-refractivity contribution in [2.45, 2.75) is 57.5 Å². The molecule has 190 valence electrons. The maximum Gasteiger partial charge on any atom is 0.228 e. The molecule has 5 rings (SSSR count). The van der Waals surface area contributed by atoms with E-state index < -0.39 is 5.60 Å². The first-order chi connectivity index (χ1) is 17.4. The number of nitrogens with zero attached hydrogens (tertiary/aromatic N) is 2. The van der Waals surface area contributed by atoms with E-state index in [1.165, 1.54) is 5.56 Å². The minimum absolute atomic E-state index is 0.00472. The number of carbonyl (C=O) groups is 3. The lowest BCUT2D eigenvalue weighted by Crippen LogP contribution is -2.53. The van der Waals surface area contributed by atoms with Gasteiger partial charge in [0, 0.05) is 50.7 Å². The van der Waals surface area contributed by atoms with Crippen molar-refractivity contribution in [1.29, 1.82) is 0 Å². The third-order valence-corrected chi connectivity index (χ3v) is 7.83. The summed E-state index contributed by atoms with van der Waals surface area (Å²) in [5.41, 5.74) is 2.12. The summed E-state index contributed by atoms with van der Waals surface area (Å²) in [6.45, 7) is 3.62. The van der Waals surface area contributed by atoms with Crippen molar-refractivity contribution in [2.75, 3.05) is 31.6 Å². The molecule has 2 amide bonds. The predicted octanol–water partition coefficient (Wildman–Crippen LogP) is 4.42. The van der Waals surface area contributed by atoms with Crippen LogP contribution in [0.3, 0.4) is 0 Å². The van der Waals surface area contributed by atoms with Crippen LogP contribution in [0.15, 0.2) is 42.5 Å². The Morgan fingerprint density at radius 3 is 2.56 bits per heavy atom. The van der Waals surface area contributed by atoms with E-state index in [0.29, 0.717) is 56.0 Å². The Balaban J connectivity index is 1.20. The Kier molecular flexibility index (Phi) is 6.73. The van der Waals surface area contributed by atoms with Crippen molar-refractivity contribution >= 4 is 23.3 Å². The fourth-order valence-electron chi connectivity index (χ4n) is 5.62. The van der Waals surface area contributed by atoms with Crippen LogP contribution in [0.2, 0.25) is 0 Å². The van der Waals surface area contributed by atoms with Crippen molar-refractivity contribution in [3.8, 4) is 11.5 Å². The minimum Gasteiger partial charge on any atom is -0.497 e. The van der Waals surface area contributed by atoms with Crippen molar-refractivity contribution in [2.24, 2.45) is 5.92 Å². The van der Waals surface area contributed by atoms with E-state index in [1.807, 2.05) is 17.0 Å². The van der Waals surface area contributed by atoms with Crippen LogP contribution in [0.4, 0.5) is 5.69 Å². The summed E-state index contributed by atoms with van der Waals surface area (Å²) in [6.07, 6.45) is 5.07. The zero-order chi connectivity index (χ0) is 25.3. The van der Waals surface area contributed by atoms with Crippen molar-refractivity contribution < 1.29 is 23.9 Å². The molecular weight excluding hydrogens is 456 g/mol. The SMILES string of the molecule is CCCCc1ccc(N2CC(C(=O)N3CCC4(CC3)CC(=O)c3ccc(OC)cc3O4)CC2=O)cc1. The first kappa shape index (κ1) is 24.3. The van der Waals surface area contributed by atoms with Crippen LogP contribution in [0.1, 0.15) is 61.4 Å². The molecule has 0 aromatic heterocycles. The highest BCUT2D eigenvalue weighted by molar-refractivity contribution is 6.01. The molecule has 3 heterocycles. The van der Waals surface area contributed by atoms with Gasteiger partial charge in [-0.15, -0.1) is 0 Å². The average Bonchev–Trinajstić information content (AvgIpc) is 3.29. The monoisotopic (exact) mass is 490 g/mol. The Labute approximate surface area is 212 Å². The molecule has 1 atom stereocenters. The van der Waals surface area contributed by atoms with Gasteiger partial charge in [0.05, 0.1) is 25.0 Å². The van der Waals surface area contributed by atoms with Crippen LogP contribution in [0.25, 0.3) is 0 Å². The van der Waals surface area contributed by atoms with Crippen molar-refractivity contribution in [3.05, 3.63) is 53.6 Å². The number of piperidine rings is 1. The molecule has 1 unspecified atom stereocenters. The molecule has 2 saturated heterocycles. The lowest BCUT2D eigenvalue weighted by molar-refractivity contribution is -0.139. The van der Waals surface area contributed by atoms with E-state index >= 15 is 0 Å². The third kappa shape index (κ3) is 4.71. The smallest absolute Gasteiger partial charge is 0.228 e. The van der Waals surface area contributed by atoms with E-state index in [2.05, 4.69) is 19.1 Å². The molecular formula is C29H34N2O5. The maximum absolute atomic E-state index is 13.3. The second-order valence-corrected chi connectivity index (χ2v) is 10.2. The molecule has 7 heteroatoms. The fraction of sp³-hybridized carbons (Fsp3) is 0.483. The molecule has 7 nitrogen and oxygen atoms in total. The molecule has 2 aromatic carbocycles. The number of fused-ring (bicyclic) bond motifs is 1. The quantitative estimate of drug-likeness (QED) is 0.599. The van der Waals surface area contributed by atoms with Crippen LogP contribution in [-0.2, 0) is 16.0 Å². The number of amides is 2. The van der Waals surface area contributed by atoms with E-state index in [1.54, 1.807) is 30.2 Å². The van der Waals surface area contributed by atoms with Crippen LogP contribution < -0.4 is 14.4 Å². The summed E-state index contributed by atoms with van der Waals surface area (Å²) in [6, 6.07) is 13.4. The molecule has 0 aliphatic carbocycles. The molecule has 0 bridgehead atoms. The molecule has 2 fully saturated rings. The molecule has 1 spiro atoms. The normalized spacial score (nSPS) is 20.9.